The quantitative estimate of drug-likeness (QED) is 0.453. The highest BCUT2D eigenvalue weighted by Gasteiger charge is 2.18. The summed E-state index contributed by atoms with van der Waals surface area (Å²) in [5.41, 5.74) is 0. The van der Waals surface area contributed by atoms with E-state index in [2.05, 4.69) is 4.74 Å². The topological polar surface area (TPSA) is 87.0 Å². The Morgan fingerprint density at radius 1 is 1.42 bits per heavy atom. The molecule has 0 fully saturated rings. The third kappa shape index (κ3) is 3.66. The zero-order valence-electron chi connectivity index (χ0n) is 6.93. The van der Waals surface area contributed by atoms with Crippen LogP contribution in [0.2, 0.25) is 0 Å². The Kier molecular flexibility index (Phi) is 5.61. The van der Waals surface area contributed by atoms with Crippen molar-refractivity contribution in [2.45, 2.75) is 25.6 Å². The van der Waals surface area contributed by atoms with E-state index in [1.807, 2.05) is 0 Å². The molecule has 5 nitrogen and oxygen atoms in total. The van der Waals surface area contributed by atoms with Gasteiger partial charge >= 0.3 is 5.97 Å². The van der Waals surface area contributed by atoms with Crippen LogP contribution in [0.1, 0.15) is 13.3 Å². The van der Waals surface area contributed by atoms with E-state index >= 15 is 0 Å². The summed E-state index contributed by atoms with van der Waals surface area (Å²) in [4.78, 5) is 10.8. The highest BCUT2D eigenvalue weighted by atomic mass is 16.6. The maximum atomic E-state index is 10.8. The van der Waals surface area contributed by atoms with E-state index in [0.717, 1.165) is 0 Å². The van der Waals surface area contributed by atoms with Crippen LogP contribution < -0.4 is 0 Å². The molecule has 5 heteroatoms. The summed E-state index contributed by atoms with van der Waals surface area (Å²) in [6.45, 7) is 0.732. The molecule has 1 unspecified atom stereocenters. The van der Waals surface area contributed by atoms with Crippen molar-refractivity contribution in [3.05, 3.63) is 0 Å². The minimum absolute atomic E-state index is 0.252. The van der Waals surface area contributed by atoms with Crippen molar-refractivity contribution < 1.29 is 24.9 Å². The van der Waals surface area contributed by atoms with Gasteiger partial charge in [0.1, 0.15) is 6.10 Å². The van der Waals surface area contributed by atoms with Crippen LogP contribution in [0.4, 0.5) is 0 Å². The standard InChI is InChI=1S/C7H14O5/c1-2-6(10)7(11)12-5(3-8)4-9/h5-6,8-10H,2-4H2,1H3. The van der Waals surface area contributed by atoms with Gasteiger partial charge in [-0.05, 0) is 6.42 Å². The molecule has 0 aliphatic rings. The summed E-state index contributed by atoms with van der Waals surface area (Å²) in [5, 5.41) is 25.9. The Balaban J connectivity index is 3.81. The molecule has 1 atom stereocenters. The van der Waals surface area contributed by atoms with Crippen molar-refractivity contribution >= 4 is 5.97 Å². The summed E-state index contributed by atoms with van der Waals surface area (Å²) in [7, 11) is 0. The predicted molar refractivity (Wildman–Crippen MR) is 40.3 cm³/mol. The molecule has 0 saturated carbocycles. The van der Waals surface area contributed by atoms with Crippen LogP contribution in [0.25, 0.3) is 0 Å². The van der Waals surface area contributed by atoms with E-state index in [4.69, 9.17) is 15.3 Å². The average Bonchev–Trinajstić information content (AvgIpc) is 2.12. The molecule has 3 N–H and O–H groups in total. The molecular formula is C7H14O5. The van der Waals surface area contributed by atoms with Gasteiger partial charge < -0.3 is 20.1 Å². The highest BCUT2D eigenvalue weighted by Crippen LogP contribution is 1.97. The fraction of sp³-hybridized carbons (Fsp3) is 0.857. The van der Waals surface area contributed by atoms with E-state index in [0.29, 0.717) is 0 Å². The van der Waals surface area contributed by atoms with Gasteiger partial charge in [-0.3, -0.25) is 0 Å². The first-order chi connectivity index (χ1) is 5.65. The lowest BCUT2D eigenvalue weighted by molar-refractivity contribution is -0.163. The minimum Gasteiger partial charge on any atom is -0.456 e. The number of rotatable bonds is 5. The van der Waals surface area contributed by atoms with Crippen LogP contribution >= 0.6 is 0 Å². The molecule has 0 spiro atoms. The van der Waals surface area contributed by atoms with Crippen LogP contribution in [0, 0.1) is 0 Å². The number of ether oxygens (including phenoxy) is 1. The second-order valence-electron chi connectivity index (χ2n) is 2.35. The Morgan fingerprint density at radius 3 is 2.25 bits per heavy atom. The molecule has 0 saturated heterocycles. The van der Waals surface area contributed by atoms with Gasteiger partial charge in [-0.15, -0.1) is 0 Å². The van der Waals surface area contributed by atoms with Crippen LogP contribution in [-0.2, 0) is 9.53 Å². The molecule has 0 aliphatic heterocycles. The Labute approximate surface area is 70.6 Å². The molecule has 0 heterocycles. The Hall–Kier alpha value is -0.650. The van der Waals surface area contributed by atoms with E-state index in [1.165, 1.54) is 0 Å². The first-order valence-electron chi connectivity index (χ1n) is 3.76. The maximum Gasteiger partial charge on any atom is 0.335 e. The molecule has 0 bridgehead atoms. The predicted octanol–water partition coefficient (Wildman–Crippen LogP) is -1.35. The highest BCUT2D eigenvalue weighted by molar-refractivity contribution is 5.74. The summed E-state index contributed by atoms with van der Waals surface area (Å²) in [5.74, 6) is -0.814. The van der Waals surface area contributed by atoms with Gasteiger partial charge in [-0.2, -0.15) is 0 Å². The van der Waals surface area contributed by atoms with Gasteiger partial charge in [0.25, 0.3) is 0 Å². The average molecular weight is 178 g/mol. The van der Waals surface area contributed by atoms with E-state index < -0.39 is 31.4 Å². The van der Waals surface area contributed by atoms with Gasteiger partial charge in [0, 0.05) is 0 Å². The third-order valence-corrected chi connectivity index (χ3v) is 1.35. The Morgan fingerprint density at radius 2 is 1.92 bits per heavy atom. The largest absolute Gasteiger partial charge is 0.456 e. The second kappa shape index (κ2) is 5.93. The number of carbonyl (C=O) groups excluding carboxylic acids is 1. The van der Waals surface area contributed by atoms with Crippen molar-refractivity contribution in [1.82, 2.24) is 0 Å². The molecule has 0 aromatic carbocycles. The lowest BCUT2D eigenvalue weighted by Gasteiger charge is -2.14. The molecule has 0 aromatic heterocycles. The van der Waals surface area contributed by atoms with Crippen LogP contribution in [0.3, 0.4) is 0 Å². The smallest absolute Gasteiger partial charge is 0.335 e. The number of aliphatic hydroxyl groups is 3. The normalized spacial score (nSPS) is 13.1. The number of hydrogen-bond donors (Lipinski definition) is 3. The van der Waals surface area contributed by atoms with Crippen molar-refractivity contribution in [2.24, 2.45) is 0 Å². The fourth-order valence-corrected chi connectivity index (χ4v) is 0.542. The van der Waals surface area contributed by atoms with Gasteiger partial charge in [-0.25, -0.2) is 4.79 Å². The van der Waals surface area contributed by atoms with Gasteiger partial charge in [0.15, 0.2) is 6.10 Å². The SMILES string of the molecule is CCC(O)C(=O)OC(CO)CO. The zero-order chi connectivity index (χ0) is 9.56. The van der Waals surface area contributed by atoms with Crippen LogP contribution in [0.15, 0.2) is 0 Å². The van der Waals surface area contributed by atoms with Crippen molar-refractivity contribution in [2.75, 3.05) is 13.2 Å². The van der Waals surface area contributed by atoms with Crippen molar-refractivity contribution in [3.63, 3.8) is 0 Å². The molecule has 0 aromatic rings. The number of esters is 1. The second-order valence-corrected chi connectivity index (χ2v) is 2.35. The number of hydrogen-bond acceptors (Lipinski definition) is 5. The van der Waals surface area contributed by atoms with Crippen LogP contribution in [0.5, 0.6) is 0 Å². The molecule has 0 radical (unpaired) electrons. The lowest BCUT2D eigenvalue weighted by atomic mass is 10.3. The first-order valence-corrected chi connectivity index (χ1v) is 3.76. The molecule has 0 amide bonds. The van der Waals surface area contributed by atoms with E-state index in [1.54, 1.807) is 6.92 Å². The molecule has 72 valence electrons. The number of carbonyl (C=O) groups is 1. The van der Waals surface area contributed by atoms with Crippen molar-refractivity contribution in [3.8, 4) is 0 Å². The molecule has 0 rings (SSSR count). The summed E-state index contributed by atoms with van der Waals surface area (Å²) < 4.78 is 4.51. The summed E-state index contributed by atoms with van der Waals surface area (Å²) in [6, 6.07) is 0. The summed E-state index contributed by atoms with van der Waals surface area (Å²) >= 11 is 0. The van der Waals surface area contributed by atoms with E-state index in [-0.39, 0.29) is 6.42 Å². The summed E-state index contributed by atoms with van der Waals surface area (Å²) in [6.07, 6.45) is -1.85. The number of aliphatic hydroxyl groups excluding tert-OH is 3. The Bertz CT molecular complexity index is 132. The molecular weight excluding hydrogens is 164 g/mol. The first kappa shape index (κ1) is 11.4. The molecule has 12 heavy (non-hydrogen) atoms. The third-order valence-electron chi connectivity index (χ3n) is 1.35. The van der Waals surface area contributed by atoms with Gasteiger partial charge in [0.05, 0.1) is 13.2 Å². The van der Waals surface area contributed by atoms with Gasteiger partial charge in [-0.1, -0.05) is 6.92 Å². The van der Waals surface area contributed by atoms with E-state index in [9.17, 15) is 4.79 Å². The molecule has 0 aliphatic carbocycles. The monoisotopic (exact) mass is 178 g/mol. The lowest BCUT2D eigenvalue weighted by Crippen LogP contribution is -2.31. The zero-order valence-corrected chi connectivity index (χ0v) is 6.93. The van der Waals surface area contributed by atoms with Crippen molar-refractivity contribution in [1.29, 1.82) is 0 Å². The van der Waals surface area contributed by atoms with Crippen LogP contribution in [-0.4, -0.2) is 46.7 Å². The fourth-order valence-electron chi connectivity index (χ4n) is 0.542. The maximum absolute atomic E-state index is 10.8. The minimum atomic E-state index is -1.18. The van der Waals surface area contributed by atoms with Gasteiger partial charge in [0.2, 0.25) is 0 Å².